The van der Waals surface area contributed by atoms with Gasteiger partial charge >= 0.3 is 0 Å². The number of aliphatic hydroxyl groups excluding tert-OH is 2. The Hall–Kier alpha value is -1.11. The van der Waals surface area contributed by atoms with Gasteiger partial charge in [0, 0.05) is 5.56 Å². The highest BCUT2D eigenvalue weighted by atomic mass is 35.5. The highest BCUT2D eigenvalue weighted by molar-refractivity contribution is 7.12. The molecule has 0 aliphatic rings. The number of carbonyl (C=O) groups excluding carboxylic acids is 1. The van der Waals surface area contributed by atoms with Gasteiger partial charge in [-0.25, -0.2) is 0 Å². The van der Waals surface area contributed by atoms with E-state index in [0.29, 0.717) is 10.4 Å². The van der Waals surface area contributed by atoms with Crippen molar-refractivity contribution in [2.45, 2.75) is 6.10 Å². The van der Waals surface area contributed by atoms with Crippen LogP contribution in [0.2, 0.25) is 10.0 Å². The zero-order valence-corrected chi connectivity index (χ0v) is 13.1. The first-order valence-corrected chi connectivity index (χ1v) is 7.66. The molecular formula is C14H12Cl2O4S. The van der Waals surface area contributed by atoms with Gasteiger partial charge < -0.3 is 14.9 Å². The van der Waals surface area contributed by atoms with Crippen LogP contribution in [0, 0.1) is 0 Å². The number of thiophene rings is 1. The second kappa shape index (κ2) is 7.24. The Bertz CT molecular complexity index is 628. The number of ketones is 1. The fourth-order valence-corrected chi connectivity index (χ4v) is 2.74. The third kappa shape index (κ3) is 3.75. The maximum Gasteiger partial charge on any atom is 0.204 e. The molecule has 4 nitrogen and oxygen atoms in total. The third-order valence-corrected chi connectivity index (χ3v) is 4.41. The Morgan fingerprint density at radius 1 is 1.29 bits per heavy atom. The predicted octanol–water partition coefficient (Wildman–Crippen LogP) is 3.02. The lowest BCUT2D eigenvalue weighted by atomic mass is 10.1. The van der Waals surface area contributed by atoms with Crippen molar-refractivity contribution in [2.24, 2.45) is 0 Å². The molecule has 1 aromatic heterocycles. The summed E-state index contributed by atoms with van der Waals surface area (Å²) in [4.78, 5) is 12.8. The lowest BCUT2D eigenvalue weighted by molar-refractivity contribution is 0.0536. The van der Waals surface area contributed by atoms with Crippen molar-refractivity contribution in [1.82, 2.24) is 0 Å². The van der Waals surface area contributed by atoms with E-state index in [4.69, 9.17) is 33.0 Å². The maximum absolute atomic E-state index is 12.3. The summed E-state index contributed by atoms with van der Waals surface area (Å²) in [6.45, 7) is -0.537. The second-order valence-corrected chi connectivity index (χ2v) is 5.90. The summed E-state index contributed by atoms with van der Waals surface area (Å²) < 4.78 is 5.26. The average Bonchev–Trinajstić information content (AvgIpc) is 3.02. The van der Waals surface area contributed by atoms with Crippen LogP contribution in [0.15, 0.2) is 29.6 Å². The smallest absolute Gasteiger partial charge is 0.204 e. The fraction of sp³-hybridized carbons (Fsp3) is 0.214. The fourth-order valence-electron chi connectivity index (χ4n) is 1.60. The van der Waals surface area contributed by atoms with Gasteiger partial charge in [0.15, 0.2) is 0 Å². The van der Waals surface area contributed by atoms with Crippen molar-refractivity contribution in [3.05, 3.63) is 50.1 Å². The molecule has 0 saturated carbocycles. The Balaban J connectivity index is 2.23. The van der Waals surface area contributed by atoms with Crippen LogP contribution >= 0.6 is 34.5 Å². The van der Waals surface area contributed by atoms with Crippen molar-refractivity contribution in [1.29, 1.82) is 0 Å². The van der Waals surface area contributed by atoms with Gasteiger partial charge in [0.1, 0.15) is 23.5 Å². The lowest BCUT2D eigenvalue weighted by Crippen LogP contribution is -2.21. The summed E-state index contributed by atoms with van der Waals surface area (Å²) in [6.07, 6.45) is -1.01. The molecule has 21 heavy (non-hydrogen) atoms. The predicted molar refractivity (Wildman–Crippen MR) is 82.8 cm³/mol. The van der Waals surface area contributed by atoms with Crippen LogP contribution < -0.4 is 4.74 Å². The number of carbonyl (C=O) groups is 1. The quantitative estimate of drug-likeness (QED) is 0.789. The van der Waals surface area contributed by atoms with Crippen LogP contribution in [0.4, 0.5) is 0 Å². The second-order valence-electron chi connectivity index (χ2n) is 4.19. The summed E-state index contributed by atoms with van der Waals surface area (Å²) in [5.41, 5.74) is 0.291. The van der Waals surface area contributed by atoms with Crippen LogP contribution in [0.3, 0.4) is 0 Å². The highest BCUT2D eigenvalue weighted by Gasteiger charge is 2.19. The summed E-state index contributed by atoms with van der Waals surface area (Å²) in [6, 6.07) is 6.52. The molecule has 7 heteroatoms. The molecule has 1 aromatic carbocycles. The van der Waals surface area contributed by atoms with E-state index in [1.807, 2.05) is 0 Å². The van der Waals surface area contributed by atoms with Crippen molar-refractivity contribution < 1.29 is 19.7 Å². The van der Waals surface area contributed by atoms with Gasteiger partial charge in [0.2, 0.25) is 5.78 Å². The first-order valence-electron chi connectivity index (χ1n) is 6.02. The Labute approximate surface area is 135 Å². The van der Waals surface area contributed by atoms with Gasteiger partial charge in [-0.05, 0) is 23.6 Å². The number of rotatable bonds is 6. The molecule has 2 aromatic rings. The molecule has 0 aliphatic heterocycles. The number of hydrogen-bond donors (Lipinski definition) is 2. The molecule has 2 rings (SSSR count). The standard InChI is InChI=1S/C14H12Cl2O4S/c15-12-9(14(19)11-2-1-5-21-11)3-4-10(13(12)16)20-7-8(18)6-17/h1-5,8,17-18H,6-7H2. The monoisotopic (exact) mass is 346 g/mol. The SMILES string of the molecule is O=C(c1cccs1)c1ccc(OCC(O)CO)c(Cl)c1Cl. The zero-order chi connectivity index (χ0) is 15.4. The first-order chi connectivity index (χ1) is 10.0. The van der Waals surface area contributed by atoms with Crippen LogP contribution in [-0.2, 0) is 0 Å². The third-order valence-electron chi connectivity index (χ3n) is 2.68. The van der Waals surface area contributed by atoms with E-state index in [1.54, 1.807) is 17.5 Å². The molecule has 0 amide bonds. The van der Waals surface area contributed by atoms with E-state index in [0.717, 1.165) is 0 Å². The van der Waals surface area contributed by atoms with Crippen molar-refractivity contribution >= 4 is 40.3 Å². The first kappa shape index (κ1) is 16.3. The van der Waals surface area contributed by atoms with E-state index in [-0.39, 0.29) is 28.2 Å². The molecule has 1 heterocycles. The van der Waals surface area contributed by atoms with Crippen molar-refractivity contribution in [2.75, 3.05) is 13.2 Å². The molecule has 1 unspecified atom stereocenters. The topological polar surface area (TPSA) is 66.8 Å². The van der Waals surface area contributed by atoms with E-state index in [1.165, 1.54) is 23.5 Å². The van der Waals surface area contributed by atoms with E-state index < -0.39 is 12.7 Å². The van der Waals surface area contributed by atoms with Crippen LogP contribution in [0.25, 0.3) is 0 Å². The lowest BCUT2D eigenvalue weighted by Gasteiger charge is -2.13. The molecular weight excluding hydrogens is 335 g/mol. The van der Waals surface area contributed by atoms with Crippen LogP contribution in [-0.4, -0.2) is 35.3 Å². The van der Waals surface area contributed by atoms with E-state index in [9.17, 15) is 9.90 Å². The summed E-state index contributed by atoms with van der Waals surface area (Å²) >= 11 is 13.5. The summed E-state index contributed by atoms with van der Waals surface area (Å²) in [5.74, 6) is 0.0377. The number of benzene rings is 1. The van der Waals surface area contributed by atoms with Gasteiger partial charge in [-0.3, -0.25) is 4.79 Å². The average molecular weight is 347 g/mol. The summed E-state index contributed by atoms with van der Waals surface area (Å²) in [7, 11) is 0. The van der Waals surface area contributed by atoms with E-state index >= 15 is 0 Å². The minimum Gasteiger partial charge on any atom is -0.489 e. The Morgan fingerprint density at radius 2 is 2.05 bits per heavy atom. The number of ether oxygens (including phenoxy) is 1. The molecule has 0 radical (unpaired) electrons. The highest BCUT2D eigenvalue weighted by Crippen LogP contribution is 2.36. The number of hydrogen-bond acceptors (Lipinski definition) is 5. The molecule has 112 valence electrons. The van der Waals surface area contributed by atoms with E-state index in [2.05, 4.69) is 0 Å². The van der Waals surface area contributed by atoms with Crippen LogP contribution in [0.5, 0.6) is 5.75 Å². The van der Waals surface area contributed by atoms with Gasteiger partial charge in [0.05, 0.1) is 16.5 Å². The summed E-state index contributed by atoms with van der Waals surface area (Å²) in [5, 5.41) is 20.0. The normalized spacial score (nSPS) is 12.2. The maximum atomic E-state index is 12.3. The molecule has 0 saturated heterocycles. The Morgan fingerprint density at radius 3 is 2.67 bits per heavy atom. The molecule has 1 atom stereocenters. The zero-order valence-electron chi connectivity index (χ0n) is 10.8. The number of aliphatic hydroxyl groups is 2. The van der Waals surface area contributed by atoms with Gasteiger partial charge in [0.25, 0.3) is 0 Å². The molecule has 0 fully saturated rings. The van der Waals surface area contributed by atoms with Gasteiger partial charge in [-0.1, -0.05) is 29.3 Å². The Kier molecular flexibility index (Phi) is 5.61. The number of halogens is 2. The van der Waals surface area contributed by atoms with Crippen molar-refractivity contribution in [3.63, 3.8) is 0 Å². The minimum atomic E-state index is -1.01. The molecule has 0 spiro atoms. The van der Waals surface area contributed by atoms with Gasteiger partial charge in [-0.2, -0.15) is 0 Å². The molecule has 2 N–H and O–H groups in total. The van der Waals surface area contributed by atoms with Gasteiger partial charge in [-0.15, -0.1) is 11.3 Å². The largest absolute Gasteiger partial charge is 0.489 e. The molecule has 0 aliphatic carbocycles. The molecule has 0 bridgehead atoms. The minimum absolute atomic E-state index is 0.101. The van der Waals surface area contributed by atoms with Crippen molar-refractivity contribution in [3.8, 4) is 5.75 Å². The van der Waals surface area contributed by atoms with Crippen LogP contribution in [0.1, 0.15) is 15.2 Å².